The number of nitrogens with one attached hydrogen (secondary N) is 2. The van der Waals surface area contributed by atoms with Crippen LogP contribution in [0.1, 0.15) is 18.1 Å². The molecule has 1 heterocycles. The minimum atomic E-state index is 0.594. The van der Waals surface area contributed by atoms with E-state index in [9.17, 15) is 0 Å². The van der Waals surface area contributed by atoms with Crippen molar-refractivity contribution in [2.45, 2.75) is 20.0 Å². The van der Waals surface area contributed by atoms with Crippen LogP contribution >= 0.6 is 0 Å². The number of hydrogen-bond donors (Lipinski definition) is 2. The monoisotopic (exact) mass is 315 g/mol. The average molecular weight is 315 g/mol. The third-order valence-corrected chi connectivity index (χ3v) is 3.24. The maximum absolute atomic E-state index is 5.03. The van der Waals surface area contributed by atoms with Gasteiger partial charge in [-0.25, -0.2) is 4.99 Å². The summed E-state index contributed by atoms with van der Waals surface area (Å²) in [6.45, 7) is 5.63. The average Bonchev–Trinajstić information content (AvgIpc) is 3.01. The molecule has 6 heteroatoms. The molecule has 0 radical (unpaired) electrons. The van der Waals surface area contributed by atoms with Gasteiger partial charge < -0.3 is 15.4 Å². The fraction of sp³-hybridized carbons (Fsp3) is 0.412. The van der Waals surface area contributed by atoms with Crippen LogP contribution < -0.4 is 10.6 Å². The van der Waals surface area contributed by atoms with Crippen LogP contribution in [0.4, 0.5) is 0 Å². The molecule has 1 aromatic carbocycles. The van der Waals surface area contributed by atoms with Gasteiger partial charge in [0.1, 0.15) is 0 Å². The standard InChI is InChI=1S/C17H25N5O/c1-3-18-17(19-9-10-23-2)20-11-16-12-21-22(14-16)13-15-7-5-4-6-8-15/h4-8,12,14H,3,9-11,13H2,1-2H3,(H2,18,19,20). The number of benzene rings is 1. The fourth-order valence-corrected chi connectivity index (χ4v) is 2.13. The molecule has 2 rings (SSSR count). The number of rotatable bonds is 8. The quantitative estimate of drug-likeness (QED) is 0.441. The maximum Gasteiger partial charge on any atom is 0.191 e. The number of ether oxygens (including phenoxy) is 1. The highest BCUT2D eigenvalue weighted by Crippen LogP contribution is 2.04. The van der Waals surface area contributed by atoms with Gasteiger partial charge in [0.2, 0.25) is 0 Å². The molecule has 0 unspecified atom stereocenters. The van der Waals surface area contributed by atoms with E-state index in [4.69, 9.17) is 4.74 Å². The molecule has 23 heavy (non-hydrogen) atoms. The van der Waals surface area contributed by atoms with Gasteiger partial charge >= 0.3 is 0 Å². The van der Waals surface area contributed by atoms with Crippen molar-refractivity contribution in [1.29, 1.82) is 0 Å². The van der Waals surface area contributed by atoms with E-state index in [1.807, 2.05) is 42.2 Å². The number of aromatic nitrogens is 2. The van der Waals surface area contributed by atoms with E-state index in [0.29, 0.717) is 13.2 Å². The summed E-state index contributed by atoms with van der Waals surface area (Å²) in [5, 5.41) is 10.8. The first-order chi connectivity index (χ1) is 11.3. The summed E-state index contributed by atoms with van der Waals surface area (Å²) in [5.41, 5.74) is 2.32. The summed E-state index contributed by atoms with van der Waals surface area (Å²) < 4.78 is 6.97. The highest BCUT2D eigenvalue weighted by molar-refractivity contribution is 5.79. The Balaban J connectivity index is 1.90. The molecular weight excluding hydrogens is 290 g/mol. The first-order valence-electron chi connectivity index (χ1n) is 7.88. The van der Waals surface area contributed by atoms with Crippen LogP contribution in [0.3, 0.4) is 0 Å². The fourth-order valence-electron chi connectivity index (χ4n) is 2.13. The molecule has 0 atom stereocenters. The lowest BCUT2D eigenvalue weighted by Gasteiger charge is -2.10. The summed E-state index contributed by atoms with van der Waals surface area (Å²) >= 11 is 0. The predicted octanol–water partition coefficient (Wildman–Crippen LogP) is 1.63. The van der Waals surface area contributed by atoms with E-state index < -0.39 is 0 Å². The summed E-state index contributed by atoms with van der Waals surface area (Å²) in [5.74, 6) is 0.792. The molecular formula is C17H25N5O. The Morgan fingerprint density at radius 3 is 2.78 bits per heavy atom. The van der Waals surface area contributed by atoms with Gasteiger partial charge in [0.05, 0.1) is 25.9 Å². The first kappa shape index (κ1) is 17.0. The van der Waals surface area contributed by atoms with Crippen LogP contribution in [-0.4, -0.2) is 42.5 Å². The lowest BCUT2D eigenvalue weighted by molar-refractivity contribution is 0.203. The van der Waals surface area contributed by atoms with Gasteiger partial charge in [0.25, 0.3) is 0 Å². The Morgan fingerprint density at radius 1 is 1.22 bits per heavy atom. The van der Waals surface area contributed by atoms with Gasteiger partial charge in [0, 0.05) is 32.0 Å². The Hall–Kier alpha value is -2.34. The van der Waals surface area contributed by atoms with Gasteiger partial charge in [-0.3, -0.25) is 4.68 Å². The summed E-state index contributed by atoms with van der Waals surface area (Å²) in [4.78, 5) is 4.56. The Morgan fingerprint density at radius 2 is 2.04 bits per heavy atom. The van der Waals surface area contributed by atoms with Crippen molar-refractivity contribution in [3.63, 3.8) is 0 Å². The Labute approximate surface area is 137 Å². The van der Waals surface area contributed by atoms with Crippen molar-refractivity contribution in [2.24, 2.45) is 4.99 Å². The molecule has 0 saturated heterocycles. The number of hydrogen-bond acceptors (Lipinski definition) is 3. The van der Waals surface area contributed by atoms with E-state index >= 15 is 0 Å². The maximum atomic E-state index is 5.03. The first-order valence-corrected chi connectivity index (χ1v) is 7.88. The van der Waals surface area contributed by atoms with Crippen LogP contribution in [0, 0.1) is 0 Å². The van der Waals surface area contributed by atoms with Gasteiger partial charge in [0.15, 0.2) is 5.96 Å². The molecule has 0 amide bonds. The van der Waals surface area contributed by atoms with Crippen LogP contribution in [0.15, 0.2) is 47.7 Å². The van der Waals surface area contributed by atoms with Gasteiger partial charge in [-0.15, -0.1) is 0 Å². The number of aliphatic imine (C=N–C) groups is 1. The molecule has 2 N–H and O–H groups in total. The van der Waals surface area contributed by atoms with Crippen molar-refractivity contribution < 1.29 is 4.74 Å². The molecule has 1 aromatic heterocycles. The van der Waals surface area contributed by atoms with E-state index in [-0.39, 0.29) is 0 Å². The highest BCUT2D eigenvalue weighted by Gasteiger charge is 2.01. The van der Waals surface area contributed by atoms with Crippen molar-refractivity contribution in [3.05, 3.63) is 53.9 Å². The van der Waals surface area contributed by atoms with E-state index in [2.05, 4.69) is 32.9 Å². The minimum Gasteiger partial charge on any atom is -0.383 e. The van der Waals surface area contributed by atoms with Crippen molar-refractivity contribution in [3.8, 4) is 0 Å². The van der Waals surface area contributed by atoms with E-state index in [0.717, 1.165) is 31.2 Å². The predicted molar refractivity (Wildman–Crippen MR) is 92.5 cm³/mol. The van der Waals surface area contributed by atoms with Gasteiger partial charge in [-0.2, -0.15) is 5.10 Å². The third kappa shape index (κ3) is 6.12. The largest absolute Gasteiger partial charge is 0.383 e. The zero-order valence-electron chi connectivity index (χ0n) is 13.8. The Bertz CT molecular complexity index is 594. The topological polar surface area (TPSA) is 63.5 Å². The zero-order valence-corrected chi connectivity index (χ0v) is 13.8. The number of methoxy groups -OCH3 is 1. The van der Waals surface area contributed by atoms with E-state index in [1.54, 1.807) is 7.11 Å². The van der Waals surface area contributed by atoms with Crippen LogP contribution in [0.25, 0.3) is 0 Å². The van der Waals surface area contributed by atoms with Crippen molar-refractivity contribution in [2.75, 3.05) is 26.8 Å². The second-order valence-electron chi connectivity index (χ2n) is 5.15. The molecule has 6 nitrogen and oxygen atoms in total. The molecule has 0 saturated carbocycles. The smallest absolute Gasteiger partial charge is 0.191 e. The molecule has 124 valence electrons. The van der Waals surface area contributed by atoms with Crippen LogP contribution in [0.2, 0.25) is 0 Å². The lowest BCUT2D eigenvalue weighted by atomic mass is 10.2. The molecule has 0 aliphatic carbocycles. The van der Waals surface area contributed by atoms with Gasteiger partial charge in [-0.05, 0) is 12.5 Å². The zero-order chi connectivity index (χ0) is 16.3. The molecule has 0 fully saturated rings. The second kappa shape index (κ2) is 9.63. The van der Waals surface area contributed by atoms with Crippen LogP contribution in [0.5, 0.6) is 0 Å². The summed E-state index contributed by atoms with van der Waals surface area (Å²) in [6.07, 6.45) is 3.90. The minimum absolute atomic E-state index is 0.594. The molecule has 2 aromatic rings. The summed E-state index contributed by atoms with van der Waals surface area (Å²) in [7, 11) is 1.69. The Kier molecular flexibility index (Phi) is 7.13. The third-order valence-electron chi connectivity index (χ3n) is 3.24. The SMILES string of the molecule is CCNC(=NCc1cnn(Cc2ccccc2)c1)NCCOC. The number of guanidine groups is 1. The molecule has 0 aliphatic heterocycles. The molecule has 0 spiro atoms. The van der Waals surface area contributed by atoms with Crippen LogP contribution in [-0.2, 0) is 17.8 Å². The van der Waals surface area contributed by atoms with E-state index in [1.165, 1.54) is 5.56 Å². The van der Waals surface area contributed by atoms with Crippen molar-refractivity contribution in [1.82, 2.24) is 20.4 Å². The highest BCUT2D eigenvalue weighted by atomic mass is 16.5. The lowest BCUT2D eigenvalue weighted by Crippen LogP contribution is -2.38. The normalized spacial score (nSPS) is 11.5. The second-order valence-corrected chi connectivity index (χ2v) is 5.15. The van der Waals surface area contributed by atoms with Gasteiger partial charge in [-0.1, -0.05) is 30.3 Å². The molecule has 0 aliphatic rings. The van der Waals surface area contributed by atoms with Crippen molar-refractivity contribution >= 4 is 5.96 Å². The molecule has 0 bridgehead atoms. The summed E-state index contributed by atoms with van der Waals surface area (Å²) in [6, 6.07) is 10.3. The number of nitrogens with zero attached hydrogens (tertiary/aromatic N) is 3.